The van der Waals surface area contributed by atoms with E-state index in [-0.39, 0.29) is 10.6 Å². The summed E-state index contributed by atoms with van der Waals surface area (Å²) in [6.07, 6.45) is 5.72. The second kappa shape index (κ2) is 6.16. The maximum atomic E-state index is 11.1. The van der Waals surface area contributed by atoms with Crippen LogP contribution in [0.5, 0.6) is 0 Å². The molecule has 122 valence electrons. The summed E-state index contributed by atoms with van der Waals surface area (Å²) in [5, 5.41) is 14.0. The lowest BCUT2D eigenvalue weighted by Gasteiger charge is -2.02. The van der Waals surface area contributed by atoms with Crippen LogP contribution in [0.2, 0.25) is 0 Å². The third kappa shape index (κ3) is 2.86. The maximum absolute atomic E-state index is 11.1. The lowest BCUT2D eigenvalue weighted by Crippen LogP contribution is -1.96. The van der Waals surface area contributed by atoms with E-state index in [0.29, 0.717) is 5.69 Å². The van der Waals surface area contributed by atoms with E-state index < -0.39 is 0 Å². The molecule has 0 atom stereocenters. The van der Waals surface area contributed by atoms with Crippen LogP contribution in [0, 0.1) is 24.0 Å². The van der Waals surface area contributed by atoms with Crippen LogP contribution in [0.4, 0.5) is 11.4 Å². The van der Waals surface area contributed by atoms with Crippen molar-refractivity contribution in [1.29, 1.82) is 0 Å². The highest BCUT2D eigenvalue weighted by atomic mass is 16.6. The second-order valence-corrected chi connectivity index (χ2v) is 5.63. The van der Waals surface area contributed by atoms with Crippen molar-refractivity contribution in [2.24, 2.45) is 0 Å². The van der Waals surface area contributed by atoms with Crippen molar-refractivity contribution in [3.8, 4) is 0 Å². The molecule has 3 aromatic rings. The molecular weight excluding hydrogens is 304 g/mol. The summed E-state index contributed by atoms with van der Waals surface area (Å²) >= 11 is 0. The Balaban J connectivity index is 1.98. The number of nitro benzene ring substituents is 1. The van der Waals surface area contributed by atoms with Gasteiger partial charge in [-0.2, -0.15) is 0 Å². The molecule has 0 aliphatic rings. The highest BCUT2D eigenvalue weighted by Gasteiger charge is 2.12. The first kappa shape index (κ1) is 15.7. The van der Waals surface area contributed by atoms with E-state index >= 15 is 0 Å². The number of nitro groups is 1. The molecule has 0 amide bonds. The van der Waals surface area contributed by atoms with Crippen molar-refractivity contribution in [3.05, 3.63) is 69.2 Å². The Morgan fingerprint density at radius 3 is 2.71 bits per heavy atom. The van der Waals surface area contributed by atoms with Gasteiger partial charge in [0.25, 0.3) is 5.69 Å². The van der Waals surface area contributed by atoms with E-state index in [4.69, 9.17) is 0 Å². The lowest BCUT2D eigenvalue weighted by molar-refractivity contribution is -0.383. The molecule has 1 N–H and O–H groups in total. The van der Waals surface area contributed by atoms with Crippen LogP contribution >= 0.6 is 0 Å². The number of imidazole rings is 1. The van der Waals surface area contributed by atoms with Gasteiger partial charge in [0.05, 0.1) is 10.6 Å². The number of nitrogens with zero attached hydrogens (tertiary/aromatic N) is 3. The fourth-order valence-corrected chi connectivity index (χ4v) is 2.64. The molecule has 2 aromatic heterocycles. The Morgan fingerprint density at radius 1 is 1.21 bits per heavy atom. The molecule has 0 unspecified atom stereocenters. The van der Waals surface area contributed by atoms with Gasteiger partial charge in [-0.05, 0) is 49.2 Å². The fourth-order valence-electron chi connectivity index (χ4n) is 2.64. The van der Waals surface area contributed by atoms with Crippen molar-refractivity contribution in [2.45, 2.75) is 13.8 Å². The number of aryl methyl sites for hydroxylation is 2. The molecule has 0 radical (unpaired) electrons. The van der Waals surface area contributed by atoms with Crippen LogP contribution in [-0.4, -0.2) is 21.4 Å². The summed E-state index contributed by atoms with van der Waals surface area (Å²) in [7, 11) is 1.67. The molecule has 6 nitrogen and oxygen atoms in total. The van der Waals surface area contributed by atoms with Crippen molar-refractivity contribution in [3.63, 3.8) is 0 Å². The van der Waals surface area contributed by atoms with Crippen LogP contribution in [0.3, 0.4) is 0 Å². The summed E-state index contributed by atoms with van der Waals surface area (Å²) < 4.78 is 2.03. The quantitative estimate of drug-likeness (QED) is 0.580. The van der Waals surface area contributed by atoms with Gasteiger partial charge in [-0.3, -0.25) is 10.1 Å². The molecular formula is C18H18N4O2. The predicted molar refractivity (Wildman–Crippen MR) is 96.2 cm³/mol. The van der Waals surface area contributed by atoms with Gasteiger partial charge in [0.15, 0.2) is 0 Å². The standard InChI is InChI=1S/C18H18N4O2/c1-12-8-9-21-13(2)15(20-18(21)10-12)6-4-14-5-7-16(19-3)17(11-14)22(23)24/h4-11,19H,1-3H3. The summed E-state index contributed by atoms with van der Waals surface area (Å²) in [6.45, 7) is 4.03. The second-order valence-electron chi connectivity index (χ2n) is 5.63. The zero-order valence-electron chi connectivity index (χ0n) is 13.8. The van der Waals surface area contributed by atoms with E-state index in [0.717, 1.165) is 28.2 Å². The predicted octanol–water partition coefficient (Wildman–Crippen LogP) is 4.07. The maximum Gasteiger partial charge on any atom is 0.292 e. The van der Waals surface area contributed by atoms with Crippen molar-refractivity contribution >= 4 is 29.2 Å². The first-order valence-corrected chi connectivity index (χ1v) is 7.59. The number of pyridine rings is 1. The molecule has 0 bridgehead atoms. The lowest BCUT2D eigenvalue weighted by atomic mass is 10.1. The first-order chi connectivity index (χ1) is 11.5. The number of hydrogen-bond donors (Lipinski definition) is 1. The van der Waals surface area contributed by atoms with Gasteiger partial charge in [0.2, 0.25) is 0 Å². The van der Waals surface area contributed by atoms with E-state index in [1.165, 1.54) is 0 Å². The third-order valence-corrected chi connectivity index (χ3v) is 3.98. The van der Waals surface area contributed by atoms with E-state index in [1.54, 1.807) is 19.2 Å². The summed E-state index contributed by atoms with van der Waals surface area (Å²) in [5.74, 6) is 0. The Kier molecular flexibility index (Phi) is 4.04. The van der Waals surface area contributed by atoms with Gasteiger partial charge in [0.1, 0.15) is 11.3 Å². The molecule has 6 heteroatoms. The van der Waals surface area contributed by atoms with Crippen LogP contribution < -0.4 is 5.32 Å². The number of benzene rings is 1. The topological polar surface area (TPSA) is 72.5 Å². The normalized spacial score (nSPS) is 11.3. The molecule has 0 saturated carbocycles. The monoisotopic (exact) mass is 322 g/mol. The first-order valence-electron chi connectivity index (χ1n) is 7.59. The molecule has 0 aliphatic heterocycles. The summed E-state index contributed by atoms with van der Waals surface area (Å²) in [6, 6.07) is 9.16. The van der Waals surface area contributed by atoms with Crippen LogP contribution in [-0.2, 0) is 0 Å². The SMILES string of the molecule is CNc1ccc(C=Cc2nc3cc(C)ccn3c2C)cc1[N+](=O)[O-]. The van der Waals surface area contributed by atoms with Gasteiger partial charge in [-0.15, -0.1) is 0 Å². The van der Waals surface area contributed by atoms with Gasteiger partial charge >= 0.3 is 0 Å². The largest absolute Gasteiger partial charge is 0.383 e. The Labute approximate surface area is 139 Å². The van der Waals surface area contributed by atoms with Gasteiger partial charge in [-0.25, -0.2) is 4.98 Å². The van der Waals surface area contributed by atoms with Crippen LogP contribution in [0.15, 0.2) is 36.5 Å². The minimum atomic E-state index is -0.387. The highest BCUT2D eigenvalue weighted by molar-refractivity contribution is 5.74. The molecule has 3 rings (SSSR count). The molecule has 1 aromatic carbocycles. The summed E-state index contributed by atoms with van der Waals surface area (Å²) in [5.41, 5.74) is 5.24. The molecule has 0 saturated heterocycles. The molecule has 0 aliphatic carbocycles. The smallest absolute Gasteiger partial charge is 0.292 e. The fraction of sp³-hybridized carbons (Fsp3) is 0.167. The van der Waals surface area contributed by atoms with Crippen LogP contribution in [0.1, 0.15) is 22.5 Å². The van der Waals surface area contributed by atoms with E-state index in [1.807, 2.05) is 54.8 Å². The number of rotatable bonds is 4. The van der Waals surface area contributed by atoms with Crippen molar-refractivity contribution in [2.75, 3.05) is 12.4 Å². The van der Waals surface area contributed by atoms with Gasteiger partial charge < -0.3 is 9.72 Å². The van der Waals surface area contributed by atoms with Gasteiger partial charge in [-0.1, -0.05) is 12.1 Å². The Hall–Kier alpha value is -3.15. The number of nitrogens with one attached hydrogen (secondary N) is 1. The zero-order valence-corrected chi connectivity index (χ0v) is 13.8. The average molecular weight is 322 g/mol. The van der Waals surface area contributed by atoms with E-state index in [9.17, 15) is 10.1 Å². The minimum absolute atomic E-state index is 0.0574. The molecule has 0 fully saturated rings. The third-order valence-electron chi connectivity index (χ3n) is 3.98. The van der Waals surface area contributed by atoms with Crippen molar-refractivity contribution < 1.29 is 4.92 Å². The molecule has 2 heterocycles. The highest BCUT2D eigenvalue weighted by Crippen LogP contribution is 2.26. The zero-order chi connectivity index (χ0) is 17.3. The number of fused-ring (bicyclic) bond motifs is 1. The number of hydrogen-bond acceptors (Lipinski definition) is 4. The Bertz CT molecular complexity index is 957. The number of aromatic nitrogens is 2. The van der Waals surface area contributed by atoms with Crippen molar-refractivity contribution in [1.82, 2.24) is 9.38 Å². The average Bonchev–Trinajstić information content (AvgIpc) is 2.87. The molecule has 0 spiro atoms. The summed E-state index contributed by atoms with van der Waals surface area (Å²) in [4.78, 5) is 15.4. The number of anilines is 1. The van der Waals surface area contributed by atoms with Crippen LogP contribution in [0.25, 0.3) is 17.8 Å². The van der Waals surface area contributed by atoms with Gasteiger partial charge in [0, 0.05) is 25.0 Å². The van der Waals surface area contributed by atoms with E-state index in [2.05, 4.69) is 10.3 Å². The Morgan fingerprint density at radius 2 is 2.00 bits per heavy atom. The minimum Gasteiger partial charge on any atom is -0.383 e. The molecule has 24 heavy (non-hydrogen) atoms.